The molecule has 0 atom stereocenters. The summed E-state index contributed by atoms with van der Waals surface area (Å²) in [5, 5.41) is 4.67. The second-order valence-corrected chi connectivity index (χ2v) is 7.54. The lowest BCUT2D eigenvalue weighted by molar-refractivity contribution is -0.142. The van der Waals surface area contributed by atoms with Crippen molar-refractivity contribution in [1.82, 2.24) is 5.32 Å². The molecule has 0 saturated carbocycles. The molecular formula is C24H23NO4S. The van der Waals surface area contributed by atoms with E-state index in [0.29, 0.717) is 12.1 Å². The summed E-state index contributed by atoms with van der Waals surface area (Å²) in [5.41, 5.74) is 3.36. The number of amides is 1. The van der Waals surface area contributed by atoms with Gasteiger partial charge in [0.2, 0.25) is 0 Å². The first-order valence-corrected chi connectivity index (χ1v) is 10.3. The maximum atomic E-state index is 12.7. The summed E-state index contributed by atoms with van der Waals surface area (Å²) in [7, 11) is 1.60. The third-order valence-corrected chi connectivity index (χ3v) is 5.41. The van der Waals surface area contributed by atoms with Crippen molar-refractivity contribution in [3.63, 3.8) is 0 Å². The fourth-order valence-corrected chi connectivity index (χ4v) is 3.52. The van der Waals surface area contributed by atoms with Crippen molar-refractivity contribution in [3.8, 4) is 5.75 Å². The van der Waals surface area contributed by atoms with E-state index in [1.54, 1.807) is 13.2 Å². The van der Waals surface area contributed by atoms with Crippen LogP contribution in [0.25, 0.3) is 11.6 Å². The maximum Gasteiger partial charge on any atom is 0.340 e. The van der Waals surface area contributed by atoms with E-state index in [2.05, 4.69) is 5.32 Å². The average molecular weight is 422 g/mol. The van der Waals surface area contributed by atoms with Crippen molar-refractivity contribution in [1.29, 1.82) is 0 Å². The second-order valence-electron chi connectivity index (χ2n) is 6.59. The molecule has 0 aliphatic rings. The van der Waals surface area contributed by atoms with E-state index in [1.807, 2.05) is 73.0 Å². The molecule has 0 aliphatic heterocycles. The maximum absolute atomic E-state index is 12.7. The van der Waals surface area contributed by atoms with Crippen molar-refractivity contribution in [2.45, 2.75) is 13.5 Å². The Morgan fingerprint density at radius 1 is 1.03 bits per heavy atom. The Balaban J connectivity index is 1.64. The standard InChI is InChI=1S/C24H23NO4S/c1-17-6-3-4-7-19(17)15-25-23(26)16-29-24(27)21(22-8-5-13-30-22)14-18-9-11-20(28-2)12-10-18/h3-14H,15-16H2,1-2H3,(H,25,26)/b21-14+. The molecule has 1 aromatic heterocycles. The molecule has 0 radical (unpaired) electrons. The highest BCUT2D eigenvalue weighted by molar-refractivity contribution is 7.11. The summed E-state index contributed by atoms with van der Waals surface area (Å²) in [5.74, 6) is -0.154. The number of hydrogen-bond acceptors (Lipinski definition) is 5. The van der Waals surface area contributed by atoms with Crippen molar-refractivity contribution >= 4 is 34.9 Å². The number of ether oxygens (including phenoxy) is 2. The third-order valence-electron chi connectivity index (χ3n) is 4.50. The molecule has 5 nitrogen and oxygen atoms in total. The van der Waals surface area contributed by atoms with Gasteiger partial charge in [-0.3, -0.25) is 4.79 Å². The molecule has 0 fully saturated rings. The highest BCUT2D eigenvalue weighted by Gasteiger charge is 2.16. The number of thiophene rings is 1. The van der Waals surface area contributed by atoms with Crippen molar-refractivity contribution in [2.24, 2.45) is 0 Å². The molecule has 3 aromatic rings. The van der Waals surface area contributed by atoms with Crippen LogP contribution in [0.5, 0.6) is 5.75 Å². The minimum absolute atomic E-state index is 0.337. The Hall–Kier alpha value is -3.38. The molecule has 0 spiro atoms. The lowest BCUT2D eigenvalue weighted by Gasteiger charge is -2.10. The summed E-state index contributed by atoms with van der Waals surface area (Å²) in [4.78, 5) is 25.6. The van der Waals surface area contributed by atoms with Crippen LogP contribution in [0.1, 0.15) is 21.6 Å². The highest BCUT2D eigenvalue weighted by Crippen LogP contribution is 2.25. The van der Waals surface area contributed by atoms with E-state index in [1.165, 1.54) is 11.3 Å². The van der Waals surface area contributed by atoms with Crippen LogP contribution >= 0.6 is 11.3 Å². The summed E-state index contributed by atoms with van der Waals surface area (Å²) in [6.07, 6.45) is 1.75. The van der Waals surface area contributed by atoms with Gasteiger partial charge >= 0.3 is 5.97 Å². The van der Waals surface area contributed by atoms with Crippen LogP contribution in [0.15, 0.2) is 66.0 Å². The first kappa shape index (κ1) is 21.3. The topological polar surface area (TPSA) is 64.6 Å². The Labute approximate surface area is 180 Å². The smallest absolute Gasteiger partial charge is 0.340 e. The zero-order chi connectivity index (χ0) is 21.3. The van der Waals surface area contributed by atoms with Gasteiger partial charge in [0.15, 0.2) is 6.61 Å². The number of hydrogen-bond donors (Lipinski definition) is 1. The van der Waals surface area contributed by atoms with E-state index in [0.717, 1.165) is 27.3 Å². The summed E-state index contributed by atoms with van der Waals surface area (Å²) < 4.78 is 10.5. The van der Waals surface area contributed by atoms with Crippen molar-refractivity contribution < 1.29 is 19.1 Å². The monoisotopic (exact) mass is 421 g/mol. The van der Waals surface area contributed by atoms with E-state index in [4.69, 9.17) is 9.47 Å². The molecule has 2 aromatic carbocycles. The van der Waals surface area contributed by atoms with Crippen LogP contribution in [0, 0.1) is 6.92 Å². The van der Waals surface area contributed by atoms with Gasteiger partial charge in [0.05, 0.1) is 12.7 Å². The predicted molar refractivity (Wildman–Crippen MR) is 119 cm³/mol. The van der Waals surface area contributed by atoms with Crippen LogP contribution in [0.3, 0.4) is 0 Å². The Bertz CT molecular complexity index is 1020. The van der Waals surface area contributed by atoms with Crippen LogP contribution in [0.2, 0.25) is 0 Å². The van der Waals surface area contributed by atoms with Gasteiger partial charge in [0.25, 0.3) is 5.91 Å². The average Bonchev–Trinajstić information content (AvgIpc) is 3.30. The number of carbonyl (C=O) groups is 2. The Morgan fingerprint density at radius 2 is 1.80 bits per heavy atom. The molecule has 6 heteroatoms. The number of methoxy groups -OCH3 is 1. The Morgan fingerprint density at radius 3 is 2.47 bits per heavy atom. The van der Waals surface area contributed by atoms with Gasteiger partial charge in [-0.25, -0.2) is 4.79 Å². The Kier molecular flexibility index (Phi) is 7.40. The molecular weight excluding hydrogens is 398 g/mol. The quantitative estimate of drug-likeness (QED) is 0.431. The molecule has 0 unspecified atom stereocenters. The summed E-state index contributed by atoms with van der Waals surface area (Å²) >= 11 is 1.44. The molecule has 154 valence electrons. The van der Waals surface area contributed by atoms with Crippen molar-refractivity contribution in [2.75, 3.05) is 13.7 Å². The second kappa shape index (κ2) is 10.4. The van der Waals surface area contributed by atoms with Crippen LogP contribution in [-0.2, 0) is 20.9 Å². The third kappa shape index (κ3) is 5.81. The SMILES string of the molecule is COc1ccc(/C=C(/C(=O)OCC(=O)NCc2ccccc2C)c2cccs2)cc1. The van der Waals surface area contributed by atoms with Crippen molar-refractivity contribution in [3.05, 3.63) is 87.6 Å². The number of carbonyl (C=O) groups excluding carboxylic acids is 2. The minimum Gasteiger partial charge on any atom is -0.497 e. The van der Waals surface area contributed by atoms with E-state index in [-0.39, 0.29) is 12.5 Å². The van der Waals surface area contributed by atoms with Gasteiger partial charge in [0, 0.05) is 11.4 Å². The number of rotatable bonds is 8. The lowest BCUT2D eigenvalue weighted by atomic mass is 10.1. The van der Waals surface area contributed by atoms with E-state index in [9.17, 15) is 9.59 Å². The zero-order valence-electron chi connectivity index (χ0n) is 16.9. The number of aryl methyl sites for hydroxylation is 1. The number of nitrogens with one attached hydrogen (secondary N) is 1. The van der Waals surface area contributed by atoms with Gasteiger partial charge in [-0.2, -0.15) is 0 Å². The first-order valence-electron chi connectivity index (χ1n) is 9.45. The predicted octanol–water partition coefficient (Wildman–Crippen LogP) is 4.47. The fraction of sp³-hybridized carbons (Fsp3) is 0.167. The fourth-order valence-electron chi connectivity index (χ4n) is 2.79. The first-order chi connectivity index (χ1) is 14.6. The van der Waals surface area contributed by atoms with Gasteiger partial charge in [-0.15, -0.1) is 11.3 Å². The normalized spacial score (nSPS) is 11.1. The van der Waals surface area contributed by atoms with Gasteiger partial charge < -0.3 is 14.8 Å². The molecule has 3 rings (SSSR count). The van der Waals surface area contributed by atoms with E-state index >= 15 is 0 Å². The molecule has 1 N–H and O–H groups in total. The summed E-state index contributed by atoms with van der Waals surface area (Å²) in [6.45, 7) is 2.04. The van der Waals surface area contributed by atoms with Gasteiger partial charge in [-0.05, 0) is 53.3 Å². The molecule has 1 heterocycles. The van der Waals surface area contributed by atoms with Crippen LogP contribution < -0.4 is 10.1 Å². The lowest BCUT2D eigenvalue weighted by Crippen LogP contribution is -2.28. The molecule has 30 heavy (non-hydrogen) atoms. The zero-order valence-corrected chi connectivity index (χ0v) is 17.7. The highest BCUT2D eigenvalue weighted by atomic mass is 32.1. The van der Waals surface area contributed by atoms with Gasteiger partial charge in [0.1, 0.15) is 5.75 Å². The molecule has 0 bridgehead atoms. The van der Waals surface area contributed by atoms with Crippen LogP contribution in [-0.4, -0.2) is 25.6 Å². The van der Waals surface area contributed by atoms with Crippen LogP contribution in [0.4, 0.5) is 0 Å². The largest absolute Gasteiger partial charge is 0.497 e. The summed E-state index contributed by atoms with van der Waals surface area (Å²) in [6, 6.07) is 18.9. The molecule has 0 aliphatic carbocycles. The minimum atomic E-state index is -0.542. The number of esters is 1. The molecule has 0 saturated heterocycles. The molecule has 1 amide bonds. The number of benzene rings is 2. The van der Waals surface area contributed by atoms with Gasteiger partial charge in [-0.1, -0.05) is 42.5 Å². The van der Waals surface area contributed by atoms with E-state index < -0.39 is 5.97 Å².